The number of ether oxygens (including phenoxy) is 4. The molecule has 36 heavy (non-hydrogen) atoms. The Hall–Kier alpha value is -2.48. The van der Waals surface area contributed by atoms with Gasteiger partial charge < -0.3 is 29.0 Å². The first kappa shape index (κ1) is 28.1. The zero-order valence-corrected chi connectivity index (χ0v) is 22.3. The number of carboxylic acids is 1. The van der Waals surface area contributed by atoms with Crippen molar-refractivity contribution in [2.24, 2.45) is 11.8 Å². The molecule has 1 aromatic carbocycles. The Kier molecular flexibility index (Phi) is 10.7. The second kappa shape index (κ2) is 13.7. The van der Waals surface area contributed by atoms with E-state index in [-0.39, 0.29) is 11.8 Å². The predicted molar refractivity (Wildman–Crippen MR) is 137 cm³/mol. The van der Waals surface area contributed by atoms with Crippen LogP contribution < -0.4 is 14.2 Å². The number of carboxylic acid groups (broad SMARTS) is 1. The van der Waals surface area contributed by atoms with E-state index in [1.54, 1.807) is 33.3 Å². The third kappa shape index (κ3) is 6.64. The molecule has 1 amide bonds. The molecule has 3 rings (SSSR count). The van der Waals surface area contributed by atoms with Crippen LogP contribution in [-0.2, 0) is 14.3 Å². The fourth-order valence-electron chi connectivity index (χ4n) is 6.02. The summed E-state index contributed by atoms with van der Waals surface area (Å²) in [7, 11) is 6.38. The standard InChI is InChI=1S/C28H43NO7/c1-33-15-9-8-10-19-13-14-29(22(16-19)28(31)32)27(30)25(20-11-6-5-7-12-20)21-17-23(34-2)26(36-4)24(18-21)35-3/h17-20,22,25H,5-16H2,1-4H3,(H,31,32)/t19?,22-,25-/m0/s1. The van der Waals surface area contributed by atoms with E-state index in [0.29, 0.717) is 36.1 Å². The molecule has 0 radical (unpaired) electrons. The summed E-state index contributed by atoms with van der Waals surface area (Å²) >= 11 is 0. The van der Waals surface area contributed by atoms with E-state index in [1.165, 1.54) is 6.42 Å². The van der Waals surface area contributed by atoms with Crippen molar-refractivity contribution in [2.75, 3.05) is 41.6 Å². The maximum atomic E-state index is 14.2. The second-order valence-corrected chi connectivity index (χ2v) is 10.1. The normalized spacial score (nSPS) is 21.6. The van der Waals surface area contributed by atoms with Crippen molar-refractivity contribution in [3.05, 3.63) is 17.7 Å². The number of hydrogen-bond acceptors (Lipinski definition) is 6. The molecule has 0 spiro atoms. The van der Waals surface area contributed by atoms with E-state index in [9.17, 15) is 14.7 Å². The van der Waals surface area contributed by atoms with Crippen molar-refractivity contribution in [1.29, 1.82) is 0 Å². The number of rotatable bonds is 12. The summed E-state index contributed by atoms with van der Waals surface area (Å²) in [6.07, 6.45) is 9.48. The van der Waals surface area contributed by atoms with Gasteiger partial charge in [0.25, 0.3) is 0 Å². The van der Waals surface area contributed by atoms with Gasteiger partial charge in [0.15, 0.2) is 11.5 Å². The largest absolute Gasteiger partial charge is 0.493 e. The molecule has 1 aromatic rings. The summed E-state index contributed by atoms with van der Waals surface area (Å²) in [6, 6.07) is 2.92. The van der Waals surface area contributed by atoms with Gasteiger partial charge in [-0.15, -0.1) is 0 Å². The van der Waals surface area contributed by atoms with Gasteiger partial charge in [-0.3, -0.25) is 4.79 Å². The van der Waals surface area contributed by atoms with Crippen LogP contribution >= 0.6 is 0 Å². The molecule has 1 N–H and O–H groups in total. The van der Waals surface area contributed by atoms with Crippen molar-refractivity contribution in [3.8, 4) is 17.2 Å². The van der Waals surface area contributed by atoms with Gasteiger partial charge in [0.2, 0.25) is 11.7 Å². The molecule has 0 bridgehead atoms. The first-order valence-electron chi connectivity index (χ1n) is 13.3. The van der Waals surface area contributed by atoms with Gasteiger partial charge in [0, 0.05) is 20.3 Å². The highest BCUT2D eigenvalue weighted by Crippen LogP contribution is 2.45. The van der Waals surface area contributed by atoms with E-state index in [0.717, 1.165) is 63.5 Å². The molecule has 1 saturated carbocycles. The minimum Gasteiger partial charge on any atom is -0.493 e. The van der Waals surface area contributed by atoms with Gasteiger partial charge >= 0.3 is 5.97 Å². The zero-order valence-electron chi connectivity index (χ0n) is 22.3. The van der Waals surface area contributed by atoms with Crippen LogP contribution in [0.5, 0.6) is 17.2 Å². The summed E-state index contributed by atoms with van der Waals surface area (Å²) in [5.41, 5.74) is 0.798. The van der Waals surface area contributed by atoms with Gasteiger partial charge in [-0.25, -0.2) is 4.79 Å². The van der Waals surface area contributed by atoms with Crippen molar-refractivity contribution < 1.29 is 33.6 Å². The number of hydrogen-bond donors (Lipinski definition) is 1. The fourth-order valence-corrected chi connectivity index (χ4v) is 6.02. The second-order valence-electron chi connectivity index (χ2n) is 10.1. The number of likely N-dealkylation sites (tertiary alicyclic amines) is 1. The summed E-state index contributed by atoms with van der Waals surface area (Å²) in [4.78, 5) is 28.2. The van der Waals surface area contributed by atoms with Crippen LogP contribution in [0, 0.1) is 11.8 Å². The lowest BCUT2D eigenvalue weighted by Crippen LogP contribution is -2.52. The van der Waals surface area contributed by atoms with E-state index < -0.39 is 17.9 Å². The Balaban J connectivity index is 1.90. The quantitative estimate of drug-likeness (QED) is 0.404. The van der Waals surface area contributed by atoms with Crippen LogP contribution in [0.4, 0.5) is 0 Å². The van der Waals surface area contributed by atoms with Gasteiger partial charge in [-0.05, 0) is 61.6 Å². The number of methoxy groups -OCH3 is 4. The molecule has 1 heterocycles. The lowest BCUT2D eigenvalue weighted by Gasteiger charge is -2.41. The van der Waals surface area contributed by atoms with Gasteiger partial charge in [-0.2, -0.15) is 0 Å². The van der Waals surface area contributed by atoms with Crippen molar-refractivity contribution in [2.45, 2.75) is 76.2 Å². The lowest BCUT2D eigenvalue weighted by atomic mass is 9.75. The predicted octanol–water partition coefficient (Wildman–Crippen LogP) is 4.88. The molecule has 2 fully saturated rings. The van der Waals surface area contributed by atoms with Crippen LogP contribution in [0.3, 0.4) is 0 Å². The van der Waals surface area contributed by atoms with Crippen LogP contribution in [0.15, 0.2) is 12.1 Å². The molecular formula is C28H43NO7. The Morgan fingerprint density at radius 2 is 1.64 bits per heavy atom. The van der Waals surface area contributed by atoms with E-state index in [2.05, 4.69) is 0 Å². The molecule has 8 heteroatoms. The first-order valence-corrected chi connectivity index (χ1v) is 13.3. The van der Waals surface area contributed by atoms with Crippen LogP contribution in [-0.4, -0.2) is 69.5 Å². The topological polar surface area (TPSA) is 94.5 Å². The highest BCUT2D eigenvalue weighted by atomic mass is 16.5. The number of aliphatic carboxylic acids is 1. The van der Waals surface area contributed by atoms with E-state index in [4.69, 9.17) is 18.9 Å². The Morgan fingerprint density at radius 1 is 0.972 bits per heavy atom. The van der Waals surface area contributed by atoms with Crippen molar-refractivity contribution in [3.63, 3.8) is 0 Å². The third-order valence-electron chi connectivity index (χ3n) is 7.92. The number of amides is 1. The third-order valence-corrected chi connectivity index (χ3v) is 7.92. The number of unbranched alkanes of at least 4 members (excludes halogenated alkanes) is 1. The number of carbonyl (C=O) groups is 2. The summed E-state index contributed by atoms with van der Waals surface area (Å²) in [5, 5.41) is 10.1. The van der Waals surface area contributed by atoms with Gasteiger partial charge in [-0.1, -0.05) is 32.1 Å². The SMILES string of the molecule is COCCCCC1CCN(C(=O)[C@H](c2cc(OC)c(OC)c(OC)c2)C2CCCCC2)[C@H](C(=O)O)C1. The summed E-state index contributed by atoms with van der Waals surface area (Å²) in [5.74, 6) is 0.487. The highest BCUT2D eigenvalue weighted by molar-refractivity contribution is 5.89. The molecule has 8 nitrogen and oxygen atoms in total. The number of carbonyl (C=O) groups excluding carboxylic acids is 1. The average molecular weight is 506 g/mol. The number of nitrogens with zero attached hydrogens (tertiary/aromatic N) is 1. The Bertz CT molecular complexity index is 842. The minimum absolute atomic E-state index is 0.0959. The molecule has 3 atom stereocenters. The van der Waals surface area contributed by atoms with Crippen LogP contribution in [0.1, 0.15) is 75.7 Å². The monoisotopic (exact) mass is 505 g/mol. The zero-order chi connectivity index (χ0) is 26.1. The van der Waals surface area contributed by atoms with Crippen molar-refractivity contribution in [1.82, 2.24) is 4.90 Å². The van der Waals surface area contributed by atoms with E-state index >= 15 is 0 Å². The summed E-state index contributed by atoms with van der Waals surface area (Å²) < 4.78 is 21.8. The minimum atomic E-state index is -0.919. The smallest absolute Gasteiger partial charge is 0.326 e. The molecule has 1 aliphatic carbocycles. The fraction of sp³-hybridized carbons (Fsp3) is 0.714. The first-order chi connectivity index (χ1) is 17.4. The van der Waals surface area contributed by atoms with Crippen LogP contribution in [0.25, 0.3) is 0 Å². The van der Waals surface area contributed by atoms with Gasteiger partial charge in [0.1, 0.15) is 6.04 Å². The molecule has 202 valence electrons. The molecule has 1 saturated heterocycles. The molecule has 1 aliphatic heterocycles. The highest BCUT2D eigenvalue weighted by Gasteiger charge is 2.42. The Labute approximate surface area is 215 Å². The molecule has 0 aromatic heterocycles. The van der Waals surface area contributed by atoms with Gasteiger partial charge in [0.05, 0.1) is 27.2 Å². The molecular weight excluding hydrogens is 462 g/mol. The van der Waals surface area contributed by atoms with Crippen LogP contribution in [0.2, 0.25) is 0 Å². The van der Waals surface area contributed by atoms with Crippen molar-refractivity contribution >= 4 is 11.9 Å². The average Bonchev–Trinajstić information content (AvgIpc) is 2.91. The maximum Gasteiger partial charge on any atom is 0.326 e. The Morgan fingerprint density at radius 3 is 2.19 bits per heavy atom. The molecule has 1 unspecified atom stereocenters. The number of piperidine rings is 1. The van der Waals surface area contributed by atoms with E-state index in [1.807, 2.05) is 12.1 Å². The molecule has 2 aliphatic rings. The number of benzene rings is 1. The maximum absolute atomic E-state index is 14.2. The summed E-state index contributed by atoms with van der Waals surface area (Å²) in [6.45, 7) is 1.19. The lowest BCUT2D eigenvalue weighted by molar-refractivity contribution is -0.154.